The quantitative estimate of drug-likeness (QED) is 0.486. The maximum absolute atomic E-state index is 12.7. The fourth-order valence-corrected chi connectivity index (χ4v) is 3.09. The molecule has 0 saturated carbocycles. The first-order valence-corrected chi connectivity index (χ1v) is 10.3. The minimum absolute atomic E-state index is 0.242. The molecule has 0 amide bonds. The van der Waals surface area contributed by atoms with E-state index in [1.54, 1.807) is 11.7 Å². The van der Waals surface area contributed by atoms with Gasteiger partial charge in [-0.15, -0.1) is 0 Å². The lowest BCUT2D eigenvalue weighted by Crippen LogP contribution is -2.13. The Morgan fingerprint density at radius 2 is 2.18 bits per heavy atom. The van der Waals surface area contributed by atoms with Crippen LogP contribution in [0.1, 0.15) is 26.0 Å². The standard InChI is InChI=1S/C19H24N6O2S/c1-5-9-27-14-8-7-11(21-19(20)28-4)10-12(14)17-22-15-13(6-2)24-25(3)16(15)18(26)23-17/h7-8,10H,5-6,9H2,1-4H3,(H2,20,21)(H,22,23,26). The summed E-state index contributed by atoms with van der Waals surface area (Å²) in [5, 5.41) is 4.86. The Bertz CT molecular complexity index is 1090. The second-order valence-electron chi connectivity index (χ2n) is 6.22. The van der Waals surface area contributed by atoms with Crippen LogP contribution in [0.2, 0.25) is 0 Å². The smallest absolute Gasteiger partial charge is 0.277 e. The summed E-state index contributed by atoms with van der Waals surface area (Å²) in [6.07, 6.45) is 3.41. The first kappa shape index (κ1) is 19.9. The summed E-state index contributed by atoms with van der Waals surface area (Å²) in [5.41, 5.74) is 8.76. The number of aromatic amines is 1. The molecule has 9 heteroatoms. The van der Waals surface area contributed by atoms with E-state index in [2.05, 4.69) is 15.1 Å². The van der Waals surface area contributed by atoms with Gasteiger partial charge in [-0.2, -0.15) is 5.10 Å². The Hall–Kier alpha value is -2.81. The third-order valence-corrected chi connectivity index (χ3v) is 4.74. The third-order valence-electron chi connectivity index (χ3n) is 4.23. The topological polar surface area (TPSA) is 111 Å². The van der Waals surface area contributed by atoms with E-state index in [1.165, 1.54) is 11.8 Å². The van der Waals surface area contributed by atoms with Gasteiger partial charge in [0, 0.05) is 7.05 Å². The molecule has 0 saturated heterocycles. The summed E-state index contributed by atoms with van der Waals surface area (Å²) in [6.45, 7) is 4.58. The number of aromatic nitrogens is 4. The number of ether oxygens (including phenoxy) is 1. The maximum Gasteiger partial charge on any atom is 0.277 e. The maximum atomic E-state index is 12.7. The van der Waals surface area contributed by atoms with E-state index < -0.39 is 0 Å². The van der Waals surface area contributed by atoms with Gasteiger partial charge < -0.3 is 15.5 Å². The molecular formula is C19H24N6O2S. The summed E-state index contributed by atoms with van der Waals surface area (Å²) in [6, 6.07) is 5.47. The summed E-state index contributed by atoms with van der Waals surface area (Å²) in [4.78, 5) is 24.6. The number of thioether (sulfide) groups is 1. The van der Waals surface area contributed by atoms with Crippen LogP contribution >= 0.6 is 11.8 Å². The number of aryl methyl sites for hydroxylation is 2. The molecule has 0 unspecified atom stereocenters. The molecule has 0 radical (unpaired) electrons. The van der Waals surface area contributed by atoms with Crippen LogP contribution in [-0.4, -0.2) is 37.8 Å². The molecular weight excluding hydrogens is 376 g/mol. The summed E-state index contributed by atoms with van der Waals surface area (Å²) >= 11 is 1.36. The number of benzene rings is 1. The molecule has 3 aromatic rings. The van der Waals surface area contributed by atoms with Crippen LogP contribution in [-0.2, 0) is 13.5 Å². The SMILES string of the molecule is CCCOc1ccc(N=C(N)SC)cc1-c1nc2c(CC)nn(C)c2c(=O)[nH]1. The zero-order valence-corrected chi connectivity index (χ0v) is 17.3. The molecule has 0 aliphatic rings. The van der Waals surface area contributed by atoms with E-state index in [4.69, 9.17) is 15.5 Å². The molecule has 0 aliphatic heterocycles. The van der Waals surface area contributed by atoms with Crippen molar-refractivity contribution < 1.29 is 4.74 Å². The molecule has 28 heavy (non-hydrogen) atoms. The minimum atomic E-state index is -0.242. The fourth-order valence-electron chi connectivity index (χ4n) is 2.90. The number of rotatable bonds is 6. The van der Waals surface area contributed by atoms with E-state index in [-0.39, 0.29) is 5.56 Å². The Morgan fingerprint density at radius 3 is 2.86 bits per heavy atom. The van der Waals surface area contributed by atoms with Crippen molar-refractivity contribution in [3.8, 4) is 17.1 Å². The van der Waals surface area contributed by atoms with Gasteiger partial charge >= 0.3 is 0 Å². The average Bonchev–Trinajstić information content (AvgIpc) is 3.02. The molecule has 2 heterocycles. The van der Waals surface area contributed by atoms with E-state index in [0.29, 0.717) is 52.1 Å². The number of amidine groups is 1. The van der Waals surface area contributed by atoms with Crippen molar-refractivity contribution in [1.82, 2.24) is 19.7 Å². The number of aliphatic imine (C=N–C) groups is 1. The van der Waals surface area contributed by atoms with Gasteiger partial charge in [0.2, 0.25) is 0 Å². The minimum Gasteiger partial charge on any atom is -0.493 e. The monoisotopic (exact) mass is 400 g/mol. The average molecular weight is 401 g/mol. The zero-order chi connectivity index (χ0) is 20.3. The Kier molecular flexibility index (Phi) is 6.03. The number of hydrogen-bond donors (Lipinski definition) is 2. The summed E-state index contributed by atoms with van der Waals surface area (Å²) in [7, 11) is 1.74. The molecule has 1 aromatic carbocycles. The molecule has 0 spiro atoms. The number of fused-ring (bicyclic) bond motifs is 1. The van der Waals surface area contributed by atoms with E-state index in [1.807, 2.05) is 38.3 Å². The second-order valence-corrected chi connectivity index (χ2v) is 7.05. The lowest BCUT2D eigenvalue weighted by atomic mass is 10.1. The van der Waals surface area contributed by atoms with E-state index in [9.17, 15) is 4.79 Å². The van der Waals surface area contributed by atoms with Gasteiger partial charge in [-0.1, -0.05) is 25.6 Å². The van der Waals surface area contributed by atoms with Crippen molar-refractivity contribution in [2.24, 2.45) is 17.8 Å². The van der Waals surface area contributed by atoms with Crippen LogP contribution in [0, 0.1) is 0 Å². The molecule has 0 bridgehead atoms. The van der Waals surface area contributed by atoms with Gasteiger partial charge in [-0.3, -0.25) is 9.48 Å². The number of nitrogens with zero attached hydrogens (tertiary/aromatic N) is 4. The van der Waals surface area contributed by atoms with Crippen LogP contribution < -0.4 is 16.0 Å². The van der Waals surface area contributed by atoms with Gasteiger partial charge in [-0.05, 0) is 37.3 Å². The van der Waals surface area contributed by atoms with Gasteiger partial charge in [0.25, 0.3) is 5.56 Å². The molecule has 0 fully saturated rings. The summed E-state index contributed by atoms with van der Waals surface area (Å²) < 4.78 is 7.44. The molecule has 148 valence electrons. The second kappa shape index (κ2) is 8.47. The predicted molar refractivity (Wildman–Crippen MR) is 115 cm³/mol. The molecule has 8 nitrogen and oxygen atoms in total. The van der Waals surface area contributed by atoms with Gasteiger partial charge in [0.1, 0.15) is 17.1 Å². The Balaban J connectivity index is 2.22. The largest absolute Gasteiger partial charge is 0.493 e. The lowest BCUT2D eigenvalue weighted by molar-refractivity contribution is 0.318. The van der Waals surface area contributed by atoms with Crippen LogP contribution in [0.5, 0.6) is 5.75 Å². The lowest BCUT2D eigenvalue weighted by Gasteiger charge is -2.11. The molecule has 2 aromatic heterocycles. The highest BCUT2D eigenvalue weighted by Gasteiger charge is 2.17. The molecule has 3 N–H and O–H groups in total. The highest BCUT2D eigenvalue weighted by atomic mass is 32.2. The molecule has 0 atom stereocenters. The van der Waals surface area contributed by atoms with Gasteiger partial charge in [-0.25, -0.2) is 9.98 Å². The predicted octanol–water partition coefficient (Wildman–Crippen LogP) is 2.98. The van der Waals surface area contributed by atoms with Crippen LogP contribution in [0.4, 0.5) is 5.69 Å². The normalized spacial score (nSPS) is 11.9. The Morgan fingerprint density at radius 1 is 1.39 bits per heavy atom. The summed E-state index contributed by atoms with van der Waals surface area (Å²) in [5.74, 6) is 1.05. The van der Waals surface area contributed by atoms with Crippen molar-refractivity contribution in [2.75, 3.05) is 12.9 Å². The number of H-pyrrole nitrogens is 1. The van der Waals surface area contributed by atoms with Crippen LogP contribution in [0.25, 0.3) is 22.4 Å². The highest BCUT2D eigenvalue weighted by Crippen LogP contribution is 2.32. The number of hydrogen-bond acceptors (Lipinski definition) is 6. The van der Waals surface area contributed by atoms with E-state index >= 15 is 0 Å². The van der Waals surface area contributed by atoms with E-state index in [0.717, 1.165) is 12.1 Å². The first-order chi connectivity index (χ1) is 13.5. The van der Waals surface area contributed by atoms with Gasteiger partial charge in [0.15, 0.2) is 10.7 Å². The zero-order valence-electron chi connectivity index (χ0n) is 16.4. The third kappa shape index (κ3) is 3.89. The molecule has 0 aliphatic carbocycles. The van der Waals surface area contributed by atoms with Crippen molar-refractivity contribution in [3.63, 3.8) is 0 Å². The number of nitrogens with one attached hydrogen (secondary N) is 1. The van der Waals surface area contributed by atoms with Crippen molar-refractivity contribution >= 4 is 33.7 Å². The first-order valence-electron chi connectivity index (χ1n) is 9.09. The Labute approximate surface area is 167 Å². The number of nitrogens with two attached hydrogens (primary N) is 1. The van der Waals surface area contributed by atoms with Crippen molar-refractivity contribution in [3.05, 3.63) is 34.2 Å². The highest BCUT2D eigenvalue weighted by molar-refractivity contribution is 8.13. The van der Waals surface area contributed by atoms with Crippen LogP contribution in [0.3, 0.4) is 0 Å². The van der Waals surface area contributed by atoms with Crippen LogP contribution in [0.15, 0.2) is 28.0 Å². The fraction of sp³-hybridized carbons (Fsp3) is 0.368. The van der Waals surface area contributed by atoms with Gasteiger partial charge in [0.05, 0.1) is 23.6 Å². The van der Waals surface area contributed by atoms with Crippen molar-refractivity contribution in [1.29, 1.82) is 0 Å². The van der Waals surface area contributed by atoms with Crippen molar-refractivity contribution in [2.45, 2.75) is 26.7 Å². The molecule has 3 rings (SSSR count).